The molecule has 6 heteroatoms. The maximum absolute atomic E-state index is 13.3. The maximum Gasteiger partial charge on any atom is 0.369 e. The highest BCUT2D eigenvalue weighted by Gasteiger charge is 2.41. The Morgan fingerprint density at radius 3 is 2.00 bits per heavy atom. The van der Waals surface area contributed by atoms with Crippen LogP contribution < -0.4 is 0 Å². The lowest BCUT2D eigenvalue weighted by Gasteiger charge is -2.17. The summed E-state index contributed by atoms with van der Waals surface area (Å²) in [6.45, 7) is 1.96. The van der Waals surface area contributed by atoms with Gasteiger partial charge in [-0.25, -0.2) is 9.18 Å². The Balaban J connectivity index is 2.27. The zero-order valence-electron chi connectivity index (χ0n) is 9.77. The topological polar surface area (TPSA) is 63.7 Å². The number of hydrogen-bond donors (Lipinski definition) is 0. The van der Waals surface area contributed by atoms with E-state index in [2.05, 4.69) is 4.84 Å². The van der Waals surface area contributed by atoms with E-state index in [1.807, 2.05) is 0 Å². The fraction of sp³-hybridized carbons (Fsp3) is 0.250. The SMILES string of the molecule is CC(C)(F)C(=O)ON1C(=O)c2ccccc2C1=O. The van der Waals surface area contributed by atoms with Crippen LogP contribution in [0.25, 0.3) is 0 Å². The summed E-state index contributed by atoms with van der Waals surface area (Å²) in [6.07, 6.45) is 0. The van der Waals surface area contributed by atoms with Gasteiger partial charge in [-0.2, -0.15) is 0 Å². The summed E-state index contributed by atoms with van der Waals surface area (Å²) in [5, 5.41) is 0.286. The van der Waals surface area contributed by atoms with E-state index < -0.39 is 23.5 Å². The standard InChI is InChI=1S/C12H10FNO4/c1-12(2,13)11(17)18-14-9(15)7-5-3-4-6-8(7)10(14)16/h3-6H,1-2H3. The minimum Gasteiger partial charge on any atom is -0.326 e. The highest BCUT2D eigenvalue weighted by atomic mass is 19.1. The van der Waals surface area contributed by atoms with Gasteiger partial charge in [0.2, 0.25) is 5.67 Å². The van der Waals surface area contributed by atoms with Gasteiger partial charge in [0.25, 0.3) is 11.8 Å². The van der Waals surface area contributed by atoms with Gasteiger partial charge in [-0.05, 0) is 26.0 Å². The number of imide groups is 1. The summed E-state index contributed by atoms with van der Waals surface area (Å²) in [7, 11) is 0. The number of amides is 2. The van der Waals surface area contributed by atoms with Gasteiger partial charge in [-0.15, -0.1) is 0 Å². The van der Waals surface area contributed by atoms with Crippen molar-refractivity contribution in [3.8, 4) is 0 Å². The Morgan fingerprint density at radius 1 is 1.17 bits per heavy atom. The molecule has 1 aromatic rings. The molecule has 0 aromatic heterocycles. The highest BCUT2D eigenvalue weighted by Crippen LogP contribution is 2.24. The Kier molecular flexibility index (Phi) is 2.65. The average Bonchev–Trinajstić information content (AvgIpc) is 2.54. The van der Waals surface area contributed by atoms with Crippen LogP contribution in [0.4, 0.5) is 4.39 Å². The van der Waals surface area contributed by atoms with E-state index in [4.69, 9.17) is 0 Å². The average molecular weight is 251 g/mol. The second kappa shape index (κ2) is 3.90. The third-order valence-corrected chi connectivity index (χ3v) is 2.42. The number of nitrogens with zero attached hydrogens (tertiary/aromatic N) is 1. The van der Waals surface area contributed by atoms with E-state index >= 15 is 0 Å². The molecule has 0 radical (unpaired) electrons. The van der Waals surface area contributed by atoms with Gasteiger partial charge in [-0.1, -0.05) is 17.2 Å². The number of halogens is 1. The number of carbonyl (C=O) groups excluding carboxylic acids is 3. The molecule has 0 N–H and O–H groups in total. The number of alkyl halides is 1. The van der Waals surface area contributed by atoms with E-state index in [1.54, 1.807) is 12.1 Å². The van der Waals surface area contributed by atoms with Crippen LogP contribution in [0.3, 0.4) is 0 Å². The Bertz CT molecular complexity index is 512. The van der Waals surface area contributed by atoms with Crippen molar-refractivity contribution in [1.29, 1.82) is 0 Å². The van der Waals surface area contributed by atoms with Crippen LogP contribution in [0, 0.1) is 0 Å². The highest BCUT2D eigenvalue weighted by molar-refractivity contribution is 6.20. The predicted octanol–water partition coefficient (Wildman–Crippen LogP) is 1.49. The molecule has 18 heavy (non-hydrogen) atoms. The fourth-order valence-electron chi connectivity index (χ4n) is 1.44. The minimum atomic E-state index is -2.28. The molecule has 1 aromatic carbocycles. The Labute approximate surface area is 102 Å². The summed E-state index contributed by atoms with van der Waals surface area (Å²) in [6, 6.07) is 6.02. The van der Waals surface area contributed by atoms with Crippen LogP contribution in [0.15, 0.2) is 24.3 Å². The molecule has 94 valence electrons. The predicted molar refractivity (Wildman–Crippen MR) is 58.2 cm³/mol. The van der Waals surface area contributed by atoms with Crippen molar-refractivity contribution in [2.24, 2.45) is 0 Å². The maximum atomic E-state index is 13.3. The first-order chi connectivity index (χ1) is 8.32. The van der Waals surface area contributed by atoms with Gasteiger partial charge in [0.05, 0.1) is 11.1 Å². The molecular formula is C12H10FNO4. The van der Waals surface area contributed by atoms with E-state index in [0.717, 1.165) is 13.8 Å². The zero-order valence-corrected chi connectivity index (χ0v) is 9.77. The quantitative estimate of drug-likeness (QED) is 0.747. The van der Waals surface area contributed by atoms with Gasteiger partial charge < -0.3 is 4.84 Å². The molecule has 0 unspecified atom stereocenters. The molecule has 1 heterocycles. The molecule has 1 aliphatic heterocycles. The minimum absolute atomic E-state index is 0.131. The largest absolute Gasteiger partial charge is 0.369 e. The normalized spacial score (nSPS) is 14.7. The second-order valence-corrected chi connectivity index (χ2v) is 4.30. The van der Waals surface area contributed by atoms with E-state index in [1.165, 1.54) is 12.1 Å². The van der Waals surface area contributed by atoms with Gasteiger partial charge in [0.15, 0.2) is 0 Å². The van der Waals surface area contributed by atoms with Gasteiger partial charge in [-0.3, -0.25) is 9.59 Å². The number of hydrogen-bond acceptors (Lipinski definition) is 4. The van der Waals surface area contributed by atoms with Gasteiger partial charge in [0.1, 0.15) is 0 Å². The summed E-state index contributed by atoms with van der Waals surface area (Å²) >= 11 is 0. The summed E-state index contributed by atoms with van der Waals surface area (Å²) in [5.74, 6) is -2.83. The zero-order chi connectivity index (χ0) is 13.5. The molecule has 1 aliphatic rings. The molecule has 0 atom stereocenters. The monoisotopic (exact) mass is 251 g/mol. The van der Waals surface area contributed by atoms with Crippen molar-refractivity contribution >= 4 is 17.8 Å². The van der Waals surface area contributed by atoms with Crippen LogP contribution >= 0.6 is 0 Å². The smallest absolute Gasteiger partial charge is 0.326 e. The van der Waals surface area contributed by atoms with Crippen molar-refractivity contribution < 1.29 is 23.6 Å². The lowest BCUT2D eigenvalue weighted by molar-refractivity contribution is -0.180. The number of carbonyl (C=O) groups is 3. The molecule has 0 spiro atoms. The fourth-order valence-corrected chi connectivity index (χ4v) is 1.44. The molecule has 0 bridgehead atoms. The van der Waals surface area contributed by atoms with Crippen molar-refractivity contribution in [2.45, 2.75) is 19.5 Å². The third-order valence-electron chi connectivity index (χ3n) is 2.42. The number of fused-ring (bicyclic) bond motifs is 1. The molecule has 0 fully saturated rings. The molecular weight excluding hydrogens is 241 g/mol. The Hall–Kier alpha value is -2.24. The lowest BCUT2D eigenvalue weighted by atomic mass is 10.1. The first-order valence-corrected chi connectivity index (χ1v) is 5.21. The van der Waals surface area contributed by atoms with Crippen molar-refractivity contribution in [2.75, 3.05) is 0 Å². The van der Waals surface area contributed by atoms with Crippen molar-refractivity contribution in [3.05, 3.63) is 35.4 Å². The number of hydroxylamine groups is 2. The van der Waals surface area contributed by atoms with E-state index in [-0.39, 0.29) is 16.2 Å². The molecule has 0 saturated heterocycles. The third kappa shape index (κ3) is 1.85. The lowest BCUT2D eigenvalue weighted by Crippen LogP contribution is -2.39. The molecule has 0 saturated carbocycles. The summed E-state index contributed by atoms with van der Waals surface area (Å²) in [5.41, 5.74) is -2.02. The number of rotatable bonds is 2. The van der Waals surface area contributed by atoms with E-state index in [9.17, 15) is 18.8 Å². The van der Waals surface area contributed by atoms with Crippen LogP contribution in [0.1, 0.15) is 34.6 Å². The first-order valence-electron chi connectivity index (χ1n) is 5.21. The number of benzene rings is 1. The summed E-state index contributed by atoms with van der Waals surface area (Å²) in [4.78, 5) is 39.4. The van der Waals surface area contributed by atoms with Crippen LogP contribution in [-0.4, -0.2) is 28.5 Å². The summed E-state index contributed by atoms with van der Waals surface area (Å²) < 4.78 is 13.3. The molecule has 0 aliphatic carbocycles. The molecule has 2 amide bonds. The molecule has 5 nitrogen and oxygen atoms in total. The van der Waals surface area contributed by atoms with Gasteiger partial charge in [0, 0.05) is 0 Å². The Morgan fingerprint density at radius 2 is 1.61 bits per heavy atom. The van der Waals surface area contributed by atoms with Crippen molar-refractivity contribution in [3.63, 3.8) is 0 Å². The second-order valence-electron chi connectivity index (χ2n) is 4.30. The molecule has 2 rings (SSSR count). The van der Waals surface area contributed by atoms with Crippen LogP contribution in [0.5, 0.6) is 0 Å². The van der Waals surface area contributed by atoms with Crippen molar-refractivity contribution in [1.82, 2.24) is 5.06 Å². The van der Waals surface area contributed by atoms with Gasteiger partial charge >= 0.3 is 5.97 Å². The first kappa shape index (κ1) is 12.2. The van der Waals surface area contributed by atoms with Crippen LogP contribution in [0.2, 0.25) is 0 Å². The van der Waals surface area contributed by atoms with Crippen LogP contribution in [-0.2, 0) is 9.63 Å². The van der Waals surface area contributed by atoms with E-state index in [0.29, 0.717) is 0 Å².